The number of nitrogens with one attached hydrogen (secondary N) is 2. The molecule has 1 aliphatic heterocycles. The molecule has 0 bridgehead atoms. The molecule has 2 amide bonds. The number of carbonyl (C=O) groups is 2. The first-order valence-corrected chi connectivity index (χ1v) is 11.0. The number of hydrogen-bond acceptors (Lipinski definition) is 5. The molecule has 0 radical (unpaired) electrons. The zero-order valence-corrected chi connectivity index (χ0v) is 22.3. The zero-order chi connectivity index (χ0) is 22.3. The van der Waals surface area contributed by atoms with E-state index in [1.54, 1.807) is 19.0 Å². The van der Waals surface area contributed by atoms with E-state index in [0.717, 1.165) is 45.0 Å². The smallest absolute Gasteiger partial charge is 0.410 e. The highest BCUT2D eigenvalue weighted by atomic mass is 127. The average Bonchev–Trinajstić information content (AvgIpc) is 3.45. The SMILES string of the molecule is CN=C(NCC(C)CN(C)C(=O)OC(C)(C)C)N1CCN(CC(=O)NC2CC2)CC1.I. The average molecular weight is 553 g/mol. The highest BCUT2D eigenvalue weighted by Gasteiger charge is 2.26. The Kier molecular flexibility index (Phi) is 11.3. The van der Waals surface area contributed by atoms with Crippen molar-refractivity contribution in [1.82, 2.24) is 25.3 Å². The Labute approximate surface area is 204 Å². The van der Waals surface area contributed by atoms with E-state index < -0.39 is 5.60 Å². The molecule has 1 unspecified atom stereocenters. The summed E-state index contributed by atoms with van der Waals surface area (Å²) >= 11 is 0. The molecule has 2 rings (SSSR count). The van der Waals surface area contributed by atoms with E-state index in [1.807, 2.05) is 20.8 Å². The van der Waals surface area contributed by atoms with E-state index in [9.17, 15) is 9.59 Å². The number of guanidine groups is 1. The minimum absolute atomic E-state index is 0. The van der Waals surface area contributed by atoms with Crippen LogP contribution in [0.2, 0.25) is 0 Å². The predicted octanol–water partition coefficient (Wildman–Crippen LogP) is 1.58. The molecule has 2 fully saturated rings. The van der Waals surface area contributed by atoms with E-state index in [-0.39, 0.29) is 41.9 Å². The molecule has 1 saturated heterocycles. The number of aliphatic imine (C=N–C) groups is 1. The Hall–Kier alpha value is -1.30. The molecule has 1 heterocycles. The quantitative estimate of drug-likeness (QED) is 0.283. The molecule has 180 valence electrons. The molecular weight excluding hydrogens is 511 g/mol. The van der Waals surface area contributed by atoms with Gasteiger partial charge in [-0.15, -0.1) is 24.0 Å². The van der Waals surface area contributed by atoms with Crippen molar-refractivity contribution in [2.45, 2.75) is 52.2 Å². The van der Waals surface area contributed by atoms with Gasteiger partial charge in [0.15, 0.2) is 5.96 Å². The van der Waals surface area contributed by atoms with Gasteiger partial charge in [-0.1, -0.05) is 6.92 Å². The van der Waals surface area contributed by atoms with Crippen LogP contribution in [-0.2, 0) is 9.53 Å². The van der Waals surface area contributed by atoms with Gasteiger partial charge in [0.1, 0.15) is 5.60 Å². The fraction of sp³-hybridized carbons (Fsp3) is 0.857. The molecule has 1 saturated carbocycles. The van der Waals surface area contributed by atoms with Gasteiger partial charge in [-0.2, -0.15) is 0 Å². The summed E-state index contributed by atoms with van der Waals surface area (Å²) in [5.41, 5.74) is -0.490. The summed E-state index contributed by atoms with van der Waals surface area (Å²) in [7, 11) is 3.55. The summed E-state index contributed by atoms with van der Waals surface area (Å²) in [6.45, 7) is 12.8. The van der Waals surface area contributed by atoms with Gasteiger partial charge >= 0.3 is 6.09 Å². The van der Waals surface area contributed by atoms with Crippen LogP contribution in [0, 0.1) is 5.92 Å². The third-order valence-corrected chi connectivity index (χ3v) is 5.09. The summed E-state index contributed by atoms with van der Waals surface area (Å²) in [6, 6.07) is 0.415. The number of amides is 2. The van der Waals surface area contributed by atoms with Gasteiger partial charge in [0.05, 0.1) is 6.54 Å². The summed E-state index contributed by atoms with van der Waals surface area (Å²) in [6.07, 6.45) is 1.93. The van der Waals surface area contributed by atoms with Crippen molar-refractivity contribution in [3.63, 3.8) is 0 Å². The maximum Gasteiger partial charge on any atom is 0.410 e. The van der Waals surface area contributed by atoms with Gasteiger partial charge < -0.3 is 25.2 Å². The van der Waals surface area contributed by atoms with Crippen LogP contribution in [0.3, 0.4) is 0 Å². The minimum Gasteiger partial charge on any atom is -0.444 e. The van der Waals surface area contributed by atoms with E-state index >= 15 is 0 Å². The number of carbonyl (C=O) groups excluding carboxylic acids is 2. The Morgan fingerprint density at radius 1 is 1.19 bits per heavy atom. The van der Waals surface area contributed by atoms with Gasteiger partial charge in [0.25, 0.3) is 0 Å². The van der Waals surface area contributed by atoms with Gasteiger partial charge in [-0.05, 0) is 39.5 Å². The lowest BCUT2D eigenvalue weighted by Crippen LogP contribution is -2.54. The Morgan fingerprint density at radius 3 is 2.32 bits per heavy atom. The van der Waals surface area contributed by atoms with Crippen molar-refractivity contribution in [3.8, 4) is 0 Å². The molecule has 0 aromatic heterocycles. The Bertz CT molecular complexity index is 613. The molecular formula is C21H41IN6O3. The predicted molar refractivity (Wildman–Crippen MR) is 134 cm³/mol. The summed E-state index contributed by atoms with van der Waals surface area (Å²) < 4.78 is 5.41. The topological polar surface area (TPSA) is 89.5 Å². The number of piperazine rings is 1. The van der Waals surface area contributed by atoms with Gasteiger partial charge in [0.2, 0.25) is 5.91 Å². The molecule has 0 spiro atoms. The Morgan fingerprint density at radius 2 is 1.81 bits per heavy atom. The van der Waals surface area contributed by atoms with Crippen LogP contribution >= 0.6 is 24.0 Å². The molecule has 31 heavy (non-hydrogen) atoms. The highest BCUT2D eigenvalue weighted by Crippen LogP contribution is 2.18. The van der Waals surface area contributed by atoms with Gasteiger partial charge in [-0.3, -0.25) is 14.7 Å². The summed E-state index contributed by atoms with van der Waals surface area (Å²) in [4.78, 5) is 34.5. The lowest BCUT2D eigenvalue weighted by molar-refractivity contribution is -0.122. The molecule has 2 N–H and O–H groups in total. The van der Waals surface area contributed by atoms with Crippen LogP contribution in [0.4, 0.5) is 4.79 Å². The largest absolute Gasteiger partial charge is 0.444 e. The molecule has 0 aromatic rings. The van der Waals surface area contributed by atoms with Crippen molar-refractivity contribution in [1.29, 1.82) is 0 Å². The second-order valence-corrected chi connectivity index (χ2v) is 9.50. The number of nitrogens with zero attached hydrogens (tertiary/aromatic N) is 4. The molecule has 0 aromatic carbocycles. The second-order valence-electron chi connectivity index (χ2n) is 9.50. The molecule has 2 aliphatic rings. The standard InChI is InChI=1S/C21H40N6O3.HI/c1-16(14-25(6)20(29)30-21(2,3)4)13-23-19(22-5)27-11-9-26(10-12-27)15-18(28)24-17-7-8-17;/h16-17H,7-15H2,1-6H3,(H,22,23)(H,24,28);1H. The number of ether oxygens (including phenoxy) is 1. The minimum atomic E-state index is -0.490. The summed E-state index contributed by atoms with van der Waals surface area (Å²) in [5.74, 6) is 1.24. The zero-order valence-electron chi connectivity index (χ0n) is 19.9. The summed E-state index contributed by atoms with van der Waals surface area (Å²) in [5, 5.41) is 6.47. The van der Waals surface area contributed by atoms with Crippen LogP contribution in [-0.4, -0.2) is 104 Å². The molecule has 1 atom stereocenters. The molecule has 10 heteroatoms. The van der Waals surface area contributed by atoms with Gasteiger partial charge in [-0.25, -0.2) is 4.79 Å². The molecule has 1 aliphatic carbocycles. The van der Waals surface area contributed by atoms with E-state index in [4.69, 9.17) is 4.74 Å². The third-order valence-electron chi connectivity index (χ3n) is 5.09. The number of rotatable bonds is 7. The monoisotopic (exact) mass is 552 g/mol. The lowest BCUT2D eigenvalue weighted by atomic mass is 10.1. The third kappa shape index (κ3) is 10.7. The number of hydrogen-bond donors (Lipinski definition) is 2. The van der Waals surface area contributed by atoms with Gasteiger partial charge in [0, 0.05) is 59.4 Å². The van der Waals surface area contributed by atoms with Crippen LogP contribution < -0.4 is 10.6 Å². The first-order valence-electron chi connectivity index (χ1n) is 11.0. The van der Waals surface area contributed by atoms with E-state index in [0.29, 0.717) is 25.7 Å². The Balaban J connectivity index is 0.00000480. The molecule has 9 nitrogen and oxygen atoms in total. The van der Waals surface area contributed by atoms with Crippen LogP contribution in [0.15, 0.2) is 4.99 Å². The highest BCUT2D eigenvalue weighted by molar-refractivity contribution is 14.0. The van der Waals surface area contributed by atoms with Crippen LogP contribution in [0.1, 0.15) is 40.5 Å². The van der Waals surface area contributed by atoms with Crippen LogP contribution in [0.25, 0.3) is 0 Å². The van der Waals surface area contributed by atoms with Crippen molar-refractivity contribution >= 4 is 41.9 Å². The lowest BCUT2D eigenvalue weighted by Gasteiger charge is -2.36. The van der Waals surface area contributed by atoms with Crippen molar-refractivity contribution in [2.75, 3.05) is 59.9 Å². The van der Waals surface area contributed by atoms with E-state index in [1.165, 1.54) is 0 Å². The maximum absolute atomic E-state index is 12.1. The van der Waals surface area contributed by atoms with Crippen molar-refractivity contribution in [3.05, 3.63) is 0 Å². The first kappa shape index (κ1) is 27.7. The van der Waals surface area contributed by atoms with E-state index in [2.05, 4.69) is 32.3 Å². The normalized spacial score (nSPS) is 18.6. The number of halogens is 1. The van der Waals surface area contributed by atoms with Crippen molar-refractivity contribution < 1.29 is 14.3 Å². The first-order chi connectivity index (χ1) is 14.1. The van der Waals surface area contributed by atoms with Crippen molar-refractivity contribution in [2.24, 2.45) is 10.9 Å². The second kappa shape index (κ2) is 12.7. The fourth-order valence-corrected chi connectivity index (χ4v) is 3.37. The maximum atomic E-state index is 12.1. The fourth-order valence-electron chi connectivity index (χ4n) is 3.37. The van der Waals surface area contributed by atoms with Crippen LogP contribution in [0.5, 0.6) is 0 Å².